The van der Waals surface area contributed by atoms with E-state index in [2.05, 4.69) is 0 Å². The van der Waals surface area contributed by atoms with Crippen LogP contribution >= 0.6 is 0 Å². The van der Waals surface area contributed by atoms with E-state index in [-0.39, 0.29) is 17.7 Å². The number of benzene rings is 1. The Morgan fingerprint density at radius 1 is 1.45 bits per heavy atom. The predicted molar refractivity (Wildman–Crippen MR) is 74.1 cm³/mol. The van der Waals surface area contributed by atoms with E-state index >= 15 is 0 Å². The lowest BCUT2D eigenvalue weighted by Crippen LogP contribution is -2.43. The minimum atomic E-state index is -0.451. The average Bonchev–Trinajstić information content (AvgIpc) is 2.45. The Hall–Kier alpha value is -2.21. The first-order valence-corrected chi connectivity index (χ1v) is 6.39. The molecule has 6 nitrogen and oxygen atoms in total. The summed E-state index contributed by atoms with van der Waals surface area (Å²) in [7, 11) is 0. The number of non-ortho nitro benzene ring substituents is 1. The molecule has 20 heavy (non-hydrogen) atoms. The SMILES string of the molecule is CC1CN(C(=O)/C=C/c2ccc([N+](=O)[O-])cc2)CCO1. The van der Waals surface area contributed by atoms with Gasteiger partial charge in [0, 0.05) is 31.3 Å². The van der Waals surface area contributed by atoms with Crippen LogP contribution in [-0.4, -0.2) is 41.5 Å². The smallest absolute Gasteiger partial charge is 0.269 e. The standard InChI is InChI=1S/C14H16N2O4/c1-11-10-15(8-9-20-11)14(17)7-4-12-2-5-13(6-3-12)16(18)19/h2-7,11H,8-10H2,1H3/b7-4+. The topological polar surface area (TPSA) is 72.7 Å². The van der Waals surface area contributed by atoms with E-state index in [1.807, 2.05) is 6.92 Å². The molecule has 1 amide bonds. The van der Waals surface area contributed by atoms with Gasteiger partial charge in [0.25, 0.3) is 5.69 Å². The molecule has 2 rings (SSSR count). The zero-order valence-corrected chi connectivity index (χ0v) is 11.2. The lowest BCUT2D eigenvalue weighted by atomic mass is 10.2. The highest BCUT2D eigenvalue weighted by molar-refractivity contribution is 5.91. The molecule has 1 atom stereocenters. The van der Waals surface area contributed by atoms with E-state index in [4.69, 9.17) is 4.74 Å². The van der Waals surface area contributed by atoms with Crippen LogP contribution in [0.15, 0.2) is 30.3 Å². The van der Waals surface area contributed by atoms with Crippen LogP contribution in [0.2, 0.25) is 0 Å². The Kier molecular flexibility index (Phi) is 4.47. The van der Waals surface area contributed by atoms with Crippen molar-refractivity contribution in [3.05, 3.63) is 46.0 Å². The normalized spacial score (nSPS) is 19.2. The van der Waals surface area contributed by atoms with Crippen LogP contribution in [0.4, 0.5) is 5.69 Å². The van der Waals surface area contributed by atoms with Crippen LogP contribution < -0.4 is 0 Å². The quantitative estimate of drug-likeness (QED) is 0.480. The molecule has 0 radical (unpaired) electrons. The molecule has 1 heterocycles. The molecule has 0 N–H and O–H groups in total. The highest BCUT2D eigenvalue weighted by Gasteiger charge is 2.19. The molecule has 1 fully saturated rings. The number of ether oxygens (including phenoxy) is 1. The maximum atomic E-state index is 12.0. The fraction of sp³-hybridized carbons (Fsp3) is 0.357. The molecule has 1 aliphatic heterocycles. The summed E-state index contributed by atoms with van der Waals surface area (Å²) in [6, 6.07) is 6.07. The minimum Gasteiger partial charge on any atom is -0.375 e. The van der Waals surface area contributed by atoms with Gasteiger partial charge in [0.15, 0.2) is 0 Å². The summed E-state index contributed by atoms with van der Waals surface area (Å²) in [6.07, 6.45) is 3.20. The molecule has 0 aliphatic carbocycles. The largest absolute Gasteiger partial charge is 0.375 e. The first-order chi connectivity index (χ1) is 9.56. The molecule has 1 unspecified atom stereocenters. The predicted octanol–water partition coefficient (Wildman–Crippen LogP) is 1.86. The third-order valence-corrected chi connectivity index (χ3v) is 3.08. The molecular formula is C14H16N2O4. The number of nitro benzene ring substituents is 1. The number of amides is 1. The van der Waals surface area contributed by atoms with Crippen molar-refractivity contribution in [2.45, 2.75) is 13.0 Å². The van der Waals surface area contributed by atoms with Gasteiger partial charge < -0.3 is 9.64 Å². The molecule has 0 aromatic heterocycles. The van der Waals surface area contributed by atoms with Gasteiger partial charge in [0.05, 0.1) is 17.6 Å². The van der Waals surface area contributed by atoms with Crippen molar-refractivity contribution >= 4 is 17.7 Å². The number of carbonyl (C=O) groups is 1. The van der Waals surface area contributed by atoms with Gasteiger partial charge in [-0.15, -0.1) is 0 Å². The van der Waals surface area contributed by atoms with Gasteiger partial charge >= 0.3 is 0 Å². The second kappa shape index (κ2) is 6.29. The third-order valence-electron chi connectivity index (χ3n) is 3.08. The van der Waals surface area contributed by atoms with Crippen molar-refractivity contribution < 1.29 is 14.5 Å². The first-order valence-electron chi connectivity index (χ1n) is 6.39. The van der Waals surface area contributed by atoms with E-state index in [1.165, 1.54) is 18.2 Å². The second-order valence-electron chi connectivity index (χ2n) is 4.65. The van der Waals surface area contributed by atoms with Gasteiger partial charge in [-0.1, -0.05) is 0 Å². The molecule has 0 bridgehead atoms. The van der Waals surface area contributed by atoms with E-state index < -0.39 is 4.92 Å². The number of hydrogen-bond donors (Lipinski definition) is 0. The van der Waals surface area contributed by atoms with Gasteiger partial charge in [0.1, 0.15) is 0 Å². The van der Waals surface area contributed by atoms with Crippen molar-refractivity contribution in [2.24, 2.45) is 0 Å². The van der Waals surface area contributed by atoms with Crippen molar-refractivity contribution in [3.8, 4) is 0 Å². The minimum absolute atomic E-state index is 0.0375. The Morgan fingerprint density at radius 3 is 2.75 bits per heavy atom. The summed E-state index contributed by atoms with van der Waals surface area (Å²) >= 11 is 0. The molecule has 1 aliphatic rings. The van der Waals surface area contributed by atoms with Crippen LogP contribution in [0.3, 0.4) is 0 Å². The van der Waals surface area contributed by atoms with Crippen LogP contribution in [-0.2, 0) is 9.53 Å². The average molecular weight is 276 g/mol. The molecule has 1 saturated heterocycles. The van der Waals surface area contributed by atoms with Crippen molar-refractivity contribution in [2.75, 3.05) is 19.7 Å². The van der Waals surface area contributed by atoms with Gasteiger partial charge in [-0.25, -0.2) is 0 Å². The van der Waals surface area contributed by atoms with Crippen LogP contribution in [0, 0.1) is 10.1 Å². The summed E-state index contributed by atoms with van der Waals surface area (Å²) in [5.74, 6) is -0.0708. The molecule has 6 heteroatoms. The number of morpholine rings is 1. The van der Waals surface area contributed by atoms with E-state index in [1.54, 1.807) is 23.1 Å². The van der Waals surface area contributed by atoms with Gasteiger partial charge in [-0.2, -0.15) is 0 Å². The number of nitro groups is 1. The van der Waals surface area contributed by atoms with Gasteiger partial charge in [0.2, 0.25) is 5.91 Å². The lowest BCUT2D eigenvalue weighted by Gasteiger charge is -2.30. The van der Waals surface area contributed by atoms with E-state index in [0.29, 0.717) is 19.7 Å². The Balaban J connectivity index is 1.97. The second-order valence-corrected chi connectivity index (χ2v) is 4.65. The summed E-state index contributed by atoms with van der Waals surface area (Å²) in [5, 5.41) is 10.5. The van der Waals surface area contributed by atoms with Gasteiger partial charge in [-0.3, -0.25) is 14.9 Å². The van der Waals surface area contributed by atoms with E-state index in [0.717, 1.165) is 5.56 Å². The monoisotopic (exact) mass is 276 g/mol. The summed E-state index contributed by atoms with van der Waals surface area (Å²) in [4.78, 5) is 23.8. The molecule has 1 aromatic carbocycles. The Morgan fingerprint density at radius 2 is 2.15 bits per heavy atom. The number of carbonyl (C=O) groups excluding carboxylic acids is 1. The lowest BCUT2D eigenvalue weighted by molar-refractivity contribution is -0.384. The van der Waals surface area contributed by atoms with E-state index in [9.17, 15) is 14.9 Å². The number of rotatable bonds is 3. The Labute approximate surface area is 116 Å². The van der Waals surface area contributed by atoms with Crippen molar-refractivity contribution in [1.29, 1.82) is 0 Å². The maximum Gasteiger partial charge on any atom is 0.269 e. The summed E-state index contributed by atoms with van der Waals surface area (Å²) in [5.41, 5.74) is 0.792. The van der Waals surface area contributed by atoms with Crippen molar-refractivity contribution in [1.82, 2.24) is 4.90 Å². The molecule has 106 valence electrons. The number of hydrogen-bond acceptors (Lipinski definition) is 4. The van der Waals surface area contributed by atoms with Crippen LogP contribution in [0.25, 0.3) is 6.08 Å². The first kappa shape index (κ1) is 14.2. The highest BCUT2D eigenvalue weighted by Crippen LogP contribution is 2.13. The molecule has 0 spiro atoms. The van der Waals surface area contributed by atoms with Crippen LogP contribution in [0.5, 0.6) is 0 Å². The third kappa shape index (κ3) is 3.64. The van der Waals surface area contributed by atoms with Crippen molar-refractivity contribution in [3.63, 3.8) is 0 Å². The van der Waals surface area contributed by atoms with Gasteiger partial charge in [-0.05, 0) is 30.7 Å². The molecule has 0 saturated carbocycles. The molecule has 1 aromatic rings. The zero-order valence-electron chi connectivity index (χ0n) is 11.2. The summed E-state index contributed by atoms with van der Waals surface area (Å²) in [6.45, 7) is 3.66. The Bertz CT molecular complexity index is 524. The molecular weight excluding hydrogens is 260 g/mol. The fourth-order valence-corrected chi connectivity index (χ4v) is 2.00. The maximum absolute atomic E-state index is 12.0. The van der Waals surface area contributed by atoms with Crippen LogP contribution in [0.1, 0.15) is 12.5 Å². The number of nitrogens with zero attached hydrogens (tertiary/aromatic N) is 2. The highest BCUT2D eigenvalue weighted by atomic mass is 16.6. The summed E-state index contributed by atoms with van der Waals surface area (Å²) < 4.78 is 5.37. The fourth-order valence-electron chi connectivity index (χ4n) is 2.00. The zero-order chi connectivity index (χ0) is 14.5.